The summed E-state index contributed by atoms with van der Waals surface area (Å²) < 4.78 is 3.67. The number of aromatic nitrogens is 4. The van der Waals surface area contributed by atoms with E-state index in [4.69, 9.17) is 5.26 Å². The molecule has 2 aromatic heterocycles. The normalized spacial score (nSPS) is 13.7. The molecule has 10 heteroatoms. The zero-order chi connectivity index (χ0) is 16.6. The number of aryl methyl sites for hydroxylation is 1. The van der Waals surface area contributed by atoms with E-state index in [-0.39, 0.29) is 30.4 Å². The molecule has 0 spiro atoms. The van der Waals surface area contributed by atoms with Crippen LogP contribution in [0.1, 0.15) is 24.4 Å². The van der Waals surface area contributed by atoms with Gasteiger partial charge >= 0.3 is 11.4 Å². The van der Waals surface area contributed by atoms with Gasteiger partial charge in [-0.1, -0.05) is 0 Å². The first-order valence-electron chi connectivity index (χ1n) is 6.94. The molecule has 1 fully saturated rings. The third-order valence-corrected chi connectivity index (χ3v) is 3.64. The lowest BCUT2D eigenvalue weighted by Crippen LogP contribution is -2.41. The fourth-order valence-electron chi connectivity index (χ4n) is 2.28. The minimum atomic E-state index is -0.656. The average molecular weight is 316 g/mol. The van der Waals surface area contributed by atoms with Crippen LogP contribution in [0.4, 0.5) is 5.69 Å². The maximum Gasteiger partial charge on any atom is 0.331 e. The number of nitro groups is 1. The van der Waals surface area contributed by atoms with Crippen LogP contribution in [0.25, 0.3) is 0 Å². The first-order valence-corrected chi connectivity index (χ1v) is 6.94. The van der Waals surface area contributed by atoms with Gasteiger partial charge in [-0.25, -0.2) is 4.79 Å². The molecular formula is C13H12N6O4. The van der Waals surface area contributed by atoms with E-state index in [1.165, 1.54) is 21.6 Å². The molecule has 0 amide bonds. The molecule has 0 saturated heterocycles. The summed E-state index contributed by atoms with van der Waals surface area (Å²) in [5, 5.41) is 23.5. The van der Waals surface area contributed by atoms with E-state index in [9.17, 15) is 19.7 Å². The average Bonchev–Trinajstić information content (AvgIpc) is 3.24. The smallest absolute Gasteiger partial charge is 0.296 e. The van der Waals surface area contributed by atoms with E-state index < -0.39 is 16.2 Å². The summed E-state index contributed by atoms with van der Waals surface area (Å²) in [6, 6.07) is 1.83. The Bertz CT molecular complexity index is 927. The number of hydrogen-bond acceptors (Lipinski definition) is 6. The van der Waals surface area contributed by atoms with Crippen molar-refractivity contribution in [1.82, 2.24) is 18.9 Å². The second kappa shape index (κ2) is 5.53. The summed E-state index contributed by atoms with van der Waals surface area (Å²) in [6.07, 6.45) is 5.30. The van der Waals surface area contributed by atoms with E-state index in [0.717, 1.165) is 23.6 Å². The van der Waals surface area contributed by atoms with Gasteiger partial charge in [-0.3, -0.25) is 28.7 Å². The Balaban J connectivity index is 1.91. The van der Waals surface area contributed by atoms with Crippen molar-refractivity contribution in [3.05, 3.63) is 55.1 Å². The lowest BCUT2D eigenvalue weighted by atomic mass is 10.3. The van der Waals surface area contributed by atoms with Gasteiger partial charge in [0.2, 0.25) is 0 Å². The van der Waals surface area contributed by atoms with Crippen molar-refractivity contribution in [2.75, 3.05) is 0 Å². The van der Waals surface area contributed by atoms with Gasteiger partial charge in [0.15, 0.2) is 0 Å². The molecule has 0 bridgehead atoms. The Labute approximate surface area is 129 Å². The predicted octanol–water partition coefficient (Wildman–Crippen LogP) is 0.0215. The largest absolute Gasteiger partial charge is 0.331 e. The summed E-state index contributed by atoms with van der Waals surface area (Å²) in [5.74, 6) is 0. The molecule has 0 radical (unpaired) electrons. The number of nitrogens with zero attached hydrogens (tertiary/aromatic N) is 6. The van der Waals surface area contributed by atoms with Crippen molar-refractivity contribution in [2.24, 2.45) is 0 Å². The van der Waals surface area contributed by atoms with Gasteiger partial charge in [0.25, 0.3) is 5.56 Å². The van der Waals surface area contributed by atoms with E-state index in [2.05, 4.69) is 5.10 Å². The van der Waals surface area contributed by atoms with E-state index in [0.29, 0.717) is 0 Å². The number of nitriles is 1. The second-order valence-electron chi connectivity index (χ2n) is 5.25. The first-order chi connectivity index (χ1) is 11.0. The van der Waals surface area contributed by atoms with Crippen molar-refractivity contribution in [3.63, 3.8) is 0 Å². The van der Waals surface area contributed by atoms with Gasteiger partial charge in [-0.05, 0) is 12.8 Å². The summed E-state index contributed by atoms with van der Waals surface area (Å²) >= 11 is 0. The quantitative estimate of drug-likeness (QED) is 0.565. The van der Waals surface area contributed by atoms with E-state index in [1.54, 1.807) is 6.07 Å². The lowest BCUT2D eigenvalue weighted by Gasteiger charge is -2.10. The Morgan fingerprint density at radius 1 is 1.35 bits per heavy atom. The standard InChI is InChI=1S/C13H12N6O4/c14-5-9-7-18(10-1-2-10)13(21)17(12(9)20)4-3-16-8-11(6-15-16)19(22)23/h6-8,10H,1-4H2. The van der Waals surface area contributed by atoms with Gasteiger partial charge in [-0.2, -0.15) is 10.4 Å². The fourth-order valence-corrected chi connectivity index (χ4v) is 2.28. The Morgan fingerprint density at radius 2 is 2.09 bits per heavy atom. The molecule has 0 aromatic carbocycles. The molecule has 23 heavy (non-hydrogen) atoms. The predicted molar refractivity (Wildman–Crippen MR) is 76.8 cm³/mol. The Kier molecular flexibility index (Phi) is 3.53. The first kappa shape index (κ1) is 14.7. The molecule has 3 rings (SSSR count). The maximum atomic E-state index is 12.4. The minimum absolute atomic E-state index is 0.0151. The van der Waals surface area contributed by atoms with Crippen LogP contribution >= 0.6 is 0 Å². The Hall–Kier alpha value is -3.22. The third kappa shape index (κ3) is 2.76. The van der Waals surface area contributed by atoms with Gasteiger partial charge in [0.1, 0.15) is 24.0 Å². The van der Waals surface area contributed by atoms with Gasteiger partial charge in [0.05, 0.1) is 18.0 Å². The highest BCUT2D eigenvalue weighted by Gasteiger charge is 2.26. The highest BCUT2D eigenvalue weighted by atomic mass is 16.6. The molecule has 118 valence electrons. The zero-order valence-electron chi connectivity index (χ0n) is 12.0. The maximum absolute atomic E-state index is 12.4. The van der Waals surface area contributed by atoms with Crippen molar-refractivity contribution in [2.45, 2.75) is 32.0 Å². The van der Waals surface area contributed by atoms with Crippen LogP contribution in [-0.2, 0) is 13.1 Å². The summed E-state index contributed by atoms with van der Waals surface area (Å²) in [4.78, 5) is 34.5. The van der Waals surface area contributed by atoms with Gasteiger partial charge in [-0.15, -0.1) is 0 Å². The molecule has 0 N–H and O–H groups in total. The molecule has 1 saturated carbocycles. The highest BCUT2D eigenvalue weighted by Crippen LogP contribution is 2.33. The number of hydrogen-bond donors (Lipinski definition) is 0. The molecule has 1 aliphatic rings. The van der Waals surface area contributed by atoms with Crippen LogP contribution < -0.4 is 11.2 Å². The van der Waals surface area contributed by atoms with E-state index >= 15 is 0 Å². The SMILES string of the molecule is N#Cc1cn(C2CC2)c(=O)n(CCn2cc([N+](=O)[O-])cn2)c1=O. The fraction of sp³-hybridized carbons (Fsp3) is 0.385. The molecule has 2 heterocycles. The van der Waals surface area contributed by atoms with Crippen LogP contribution in [0.2, 0.25) is 0 Å². The van der Waals surface area contributed by atoms with Crippen molar-refractivity contribution in [3.8, 4) is 6.07 Å². The van der Waals surface area contributed by atoms with Crippen LogP contribution in [0, 0.1) is 21.4 Å². The van der Waals surface area contributed by atoms with Crippen molar-refractivity contribution >= 4 is 5.69 Å². The highest BCUT2D eigenvalue weighted by molar-refractivity contribution is 5.23. The van der Waals surface area contributed by atoms with Crippen LogP contribution in [0.15, 0.2) is 28.2 Å². The third-order valence-electron chi connectivity index (χ3n) is 3.64. The molecule has 0 unspecified atom stereocenters. The summed E-state index contributed by atoms with van der Waals surface area (Å²) in [6.45, 7) is 0.0985. The van der Waals surface area contributed by atoms with Crippen LogP contribution in [0.3, 0.4) is 0 Å². The summed E-state index contributed by atoms with van der Waals surface area (Å²) in [5.41, 5.74) is -1.39. The Morgan fingerprint density at radius 3 is 2.65 bits per heavy atom. The summed E-state index contributed by atoms with van der Waals surface area (Å²) in [7, 11) is 0. The van der Waals surface area contributed by atoms with Crippen molar-refractivity contribution in [1.29, 1.82) is 5.26 Å². The minimum Gasteiger partial charge on any atom is -0.296 e. The van der Waals surface area contributed by atoms with Gasteiger partial charge < -0.3 is 0 Å². The van der Waals surface area contributed by atoms with Crippen LogP contribution in [-0.4, -0.2) is 23.8 Å². The molecule has 2 aromatic rings. The topological polar surface area (TPSA) is 129 Å². The lowest BCUT2D eigenvalue weighted by molar-refractivity contribution is -0.385. The van der Waals surface area contributed by atoms with Gasteiger partial charge in [0, 0.05) is 12.2 Å². The molecular weight excluding hydrogens is 304 g/mol. The zero-order valence-corrected chi connectivity index (χ0v) is 12.0. The second-order valence-corrected chi connectivity index (χ2v) is 5.25. The molecule has 0 atom stereocenters. The number of rotatable bonds is 5. The van der Waals surface area contributed by atoms with E-state index in [1.807, 2.05) is 0 Å². The van der Waals surface area contributed by atoms with Crippen LogP contribution in [0.5, 0.6) is 0 Å². The van der Waals surface area contributed by atoms with Crippen molar-refractivity contribution < 1.29 is 4.92 Å². The molecule has 0 aliphatic heterocycles. The molecule has 1 aliphatic carbocycles. The molecule has 10 nitrogen and oxygen atoms in total. The monoisotopic (exact) mass is 316 g/mol.